The summed E-state index contributed by atoms with van der Waals surface area (Å²) >= 11 is 0. The molecule has 4 nitrogen and oxygen atoms in total. The van der Waals surface area contributed by atoms with Gasteiger partial charge in [0.1, 0.15) is 19.0 Å². The highest BCUT2D eigenvalue weighted by molar-refractivity contribution is 5.71. The van der Waals surface area contributed by atoms with E-state index in [1.165, 1.54) is 0 Å². The second-order valence-electron chi connectivity index (χ2n) is 3.06. The molecule has 0 aliphatic rings. The molecule has 11 heavy (non-hydrogen) atoms. The molecule has 0 aromatic heterocycles. The molecule has 0 saturated carbocycles. The standard InChI is InChI=1S/C7H14O4/c1-7(2,3)11-6(9)4-10-5-8/h8H,4-5H2,1-3H3. The van der Waals surface area contributed by atoms with Gasteiger partial charge in [-0.15, -0.1) is 0 Å². The molecule has 4 heteroatoms. The highest BCUT2D eigenvalue weighted by atomic mass is 16.6. The molecule has 0 heterocycles. The third-order valence-electron chi connectivity index (χ3n) is 0.731. The Morgan fingerprint density at radius 2 is 2.00 bits per heavy atom. The van der Waals surface area contributed by atoms with Crippen LogP contribution in [0.15, 0.2) is 0 Å². The summed E-state index contributed by atoms with van der Waals surface area (Å²) in [5.74, 6) is -0.466. The van der Waals surface area contributed by atoms with E-state index in [0.717, 1.165) is 0 Å². The van der Waals surface area contributed by atoms with Crippen molar-refractivity contribution in [3.8, 4) is 0 Å². The number of aliphatic hydroxyl groups is 1. The summed E-state index contributed by atoms with van der Waals surface area (Å²) in [4.78, 5) is 10.8. The lowest BCUT2D eigenvalue weighted by atomic mass is 10.2. The van der Waals surface area contributed by atoms with Crippen LogP contribution in [0.3, 0.4) is 0 Å². The molecule has 0 aliphatic heterocycles. The first kappa shape index (κ1) is 10.4. The maximum atomic E-state index is 10.8. The van der Waals surface area contributed by atoms with Gasteiger partial charge in [-0.05, 0) is 20.8 Å². The summed E-state index contributed by atoms with van der Waals surface area (Å²) in [6, 6.07) is 0. The van der Waals surface area contributed by atoms with Crippen LogP contribution in [0, 0.1) is 0 Å². The second kappa shape index (κ2) is 4.31. The molecule has 1 N–H and O–H groups in total. The normalized spacial score (nSPS) is 11.3. The molecule has 0 fully saturated rings. The number of hydrogen-bond acceptors (Lipinski definition) is 4. The molecule has 0 spiro atoms. The number of carbonyl (C=O) groups excluding carboxylic acids is 1. The second-order valence-corrected chi connectivity index (χ2v) is 3.06. The third kappa shape index (κ3) is 7.29. The maximum Gasteiger partial charge on any atom is 0.332 e. The van der Waals surface area contributed by atoms with Crippen molar-refractivity contribution in [2.75, 3.05) is 13.4 Å². The van der Waals surface area contributed by atoms with Gasteiger partial charge >= 0.3 is 5.97 Å². The largest absolute Gasteiger partial charge is 0.458 e. The SMILES string of the molecule is CC(C)(C)OC(=O)COCO. The Hall–Kier alpha value is -0.610. The number of ether oxygens (including phenoxy) is 2. The number of carbonyl (C=O) groups is 1. The Morgan fingerprint density at radius 1 is 1.45 bits per heavy atom. The van der Waals surface area contributed by atoms with Gasteiger partial charge in [0.25, 0.3) is 0 Å². The molecular weight excluding hydrogens is 148 g/mol. The first-order valence-electron chi connectivity index (χ1n) is 3.36. The van der Waals surface area contributed by atoms with Gasteiger partial charge in [-0.2, -0.15) is 0 Å². The minimum absolute atomic E-state index is 0.201. The van der Waals surface area contributed by atoms with Crippen molar-refractivity contribution in [3.63, 3.8) is 0 Å². The first-order chi connectivity index (χ1) is 4.95. The van der Waals surface area contributed by atoms with Crippen LogP contribution in [0.4, 0.5) is 0 Å². The predicted octanol–water partition coefficient (Wildman–Crippen LogP) is 0.295. The monoisotopic (exact) mass is 162 g/mol. The van der Waals surface area contributed by atoms with Crippen LogP contribution in [0.5, 0.6) is 0 Å². The lowest BCUT2D eigenvalue weighted by molar-refractivity contribution is -0.163. The molecule has 66 valence electrons. The van der Waals surface area contributed by atoms with E-state index in [-0.39, 0.29) is 6.61 Å². The highest BCUT2D eigenvalue weighted by Crippen LogP contribution is 2.06. The molecule has 0 aliphatic carbocycles. The van der Waals surface area contributed by atoms with Crippen LogP contribution in [0.1, 0.15) is 20.8 Å². The van der Waals surface area contributed by atoms with Crippen molar-refractivity contribution in [2.45, 2.75) is 26.4 Å². The van der Waals surface area contributed by atoms with Crippen LogP contribution >= 0.6 is 0 Å². The zero-order valence-electron chi connectivity index (χ0n) is 7.09. The Kier molecular flexibility index (Phi) is 4.07. The Labute approximate surface area is 66.1 Å². The van der Waals surface area contributed by atoms with E-state index in [1.54, 1.807) is 20.8 Å². The summed E-state index contributed by atoms with van der Waals surface area (Å²) < 4.78 is 9.29. The summed E-state index contributed by atoms with van der Waals surface area (Å²) in [7, 11) is 0. The van der Waals surface area contributed by atoms with E-state index in [9.17, 15) is 4.79 Å². The fourth-order valence-electron chi connectivity index (χ4n) is 0.500. The smallest absolute Gasteiger partial charge is 0.332 e. The molecule has 0 rings (SSSR count). The number of rotatable bonds is 3. The minimum atomic E-state index is -0.490. The Balaban J connectivity index is 3.53. The van der Waals surface area contributed by atoms with E-state index >= 15 is 0 Å². The van der Waals surface area contributed by atoms with Crippen LogP contribution in [-0.2, 0) is 14.3 Å². The van der Waals surface area contributed by atoms with Gasteiger partial charge in [-0.25, -0.2) is 4.79 Å². The van der Waals surface area contributed by atoms with Crippen molar-refractivity contribution in [1.29, 1.82) is 0 Å². The van der Waals surface area contributed by atoms with Crippen molar-refractivity contribution in [3.05, 3.63) is 0 Å². The first-order valence-corrected chi connectivity index (χ1v) is 3.36. The summed E-state index contributed by atoms with van der Waals surface area (Å²) in [6.45, 7) is 4.64. The van der Waals surface area contributed by atoms with Crippen molar-refractivity contribution in [1.82, 2.24) is 0 Å². The predicted molar refractivity (Wildman–Crippen MR) is 38.9 cm³/mol. The molecule has 0 amide bonds. The molecular formula is C7H14O4. The van der Waals surface area contributed by atoms with Crippen LogP contribution < -0.4 is 0 Å². The van der Waals surface area contributed by atoms with Gasteiger partial charge in [-0.1, -0.05) is 0 Å². The maximum absolute atomic E-state index is 10.8. The van der Waals surface area contributed by atoms with Crippen molar-refractivity contribution in [2.24, 2.45) is 0 Å². The molecule has 0 saturated heterocycles. The van der Waals surface area contributed by atoms with E-state index in [4.69, 9.17) is 9.84 Å². The summed E-state index contributed by atoms with van der Waals surface area (Å²) in [5.41, 5.74) is -0.490. The number of aliphatic hydroxyl groups excluding tert-OH is 1. The quantitative estimate of drug-likeness (QED) is 0.479. The summed E-state index contributed by atoms with van der Waals surface area (Å²) in [6.07, 6.45) is 0. The number of hydrogen-bond donors (Lipinski definition) is 1. The van der Waals surface area contributed by atoms with E-state index in [1.807, 2.05) is 0 Å². The zero-order valence-corrected chi connectivity index (χ0v) is 7.09. The van der Waals surface area contributed by atoms with Crippen LogP contribution in [-0.4, -0.2) is 30.1 Å². The fraction of sp³-hybridized carbons (Fsp3) is 0.857. The van der Waals surface area contributed by atoms with E-state index in [0.29, 0.717) is 0 Å². The third-order valence-corrected chi connectivity index (χ3v) is 0.731. The van der Waals surface area contributed by atoms with Gasteiger partial charge in [0, 0.05) is 0 Å². The highest BCUT2D eigenvalue weighted by Gasteiger charge is 2.15. The van der Waals surface area contributed by atoms with Gasteiger partial charge in [-0.3, -0.25) is 0 Å². The molecule has 0 unspecified atom stereocenters. The molecule has 0 aromatic rings. The molecule has 0 bridgehead atoms. The van der Waals surface area contributed by atoms with Crippen LogP contribution in [0.2, 0.25) is 0 Å². The fourth-order valence-corrected chi connectivity index (χ4v) is 0.500. The summed E-state index contributed by atoms with van der Waals surface area (Å²) in [5, 5.41) is 8.18. The van der Waals surface area contributed by atoms with E-state index < -0.39 is 18.4 Å². The molecule has 0 aromatic carbocycles. The van der Waals surface area contributed by atoms with Gasteiger partial charge < -0.3 is 14.6 Å². The van der Waals surface area contributed by atoms with Crippen LogP contribution in [0.25, 0.3) is 0 Å². The van der Waals surface area contributed by atoms with Gasteiger partial charge in [0.15, 0.2) is 0 Å². The van der Waals surface area contributed by atoms with Gasteiger partial charge in [0.2, 0.25) is 0 Å². The topological polar surface area (TPSA) is 55.8 Å². The van der Waals surface area contributed by atoms with Crippen molar-refractivity contribution < 1.29 is 19.4 Å². The molecule has 0 radical (unpaired) electrons. The average molecular weight is 162 g/mol. The minimum Gasteiger partial charge on any atom is -0.458 e. The molecule has 0 atom stereocenters. The number of esters is 1. The lowest BCUT2D eigenvalue weighted by Gasteiger charge is -2.18. The Bertz CT molecular complexity index is 125. The Morgan fingerprint density at radius 3 is 2.36 bits per heavy atom. The average Bonchev–Trinajstić information content (AvgIpc) is 1.79. The van der Waals surface area contributed by atoms with E-state index in [2.05, 4.69) is 4.74 Å². The zero-order chi connectivity index (χ0) is 8.91. The van der Waals surface area contributed by atoms with Crippen molar-refractivity contribution >= 4 is 5.97 Å². The lowest BCUT2D eigenvalue weighted by Crippen LogP contribution is -2.26. The van der Waals surface area contributed by atoms with Gasteiger partial charge in [0.05, 0.1) is 0 Å².